The molecule has 0 aromatic heterocycles. The Bertz CT molecular complexity index is 287. The van der Waals surface area contributed by atoms with Crippen LogP contribution >= 0.6 is 0 Å². The summed E-state index contributed by atoms with van der Waals surface area (Å²) >= 11 is 0. The molecule has 1 aliphatic heterocycles. The smallest absolute Gasteiger partial charge is 0.224 e. The highest BCUT2D eigenvalue weighted by Crippen LogP contribution is 2.39. The normalized spacial score (nSPS) is 27.8. The summed E-state index contributed by atoms with van der Waals surface area (Å²) in [5.41, 5.74) is 0.327. The second kappa shape index (κ2) is 4.44. The van der Waals surface area contributed by atoms with Crippen molar-refractivity contribution >= 4 is 11.8 Å². The highest BCUT2D eigenvalue weighted by Gasteiger charge is 2.33. The van der Waals surface area contributed by atoms with E-state index in [1.807, 2.05) is 0 Å². The molecule has 1 saturated carbocycles. The maximum Gasteiger partial charge on any atom is 0.224 e. The Morgan fingerprint density at radius 2 is 2.31 bits per heavy atom. The van der Waals surface area contributed by atoms with E-state index in [2.05, 4.69) is 17.6 Å². The van der Waals surface area contributed by atoms with Crippen LogP contribution in [0.5, 0.6) is 0 Å². The highest BCUT2D eigenvalue weighted by molar-refractivity contribution is 5.83. The molecule has 0 spiro atoms. The van der Waals surface area contributed by atoms with E-state index in [0.717, 1.165) is 6.54 Å². The van der Waals surface area contributed by atoms with Gasteiger partial charge in [0.2, 0.25) is 11.8 Å². The van der Waals surface area contributed by atoms with E-state index in [9.17, 15) is 9.59 Å². The Kier molecular flexibility index (Phi) is 3.17. The zero-order chi connectivity index (χ0) is 11.6. The summed E-state index contributed by atoms with van der Waals surface area (Å²) < 4.78 is 0. The third-order valence-electron chi connectivity index (χ3n) is 3.89. The largest absolute Gasteiger partial charge is 0.355 e. The van der Waals surface area contributed by atoms with Gasteiger partial charge in [-0.05, 0) is 24.7 Å². The summed E-state index contributed by atoms with van der Waals surface area (Å²) in [7, 11) is 0. The van der Waals surface area contributed by atoms with Gasteiger partial charge < -0.3 is 10.6 Å². The minimum Gasteiger partial charge on any atom is -0.355 e. The first-order chi connectivity index (χ1) is 7.59. The van der Waals surface area contributed by atoms with Gasteiger partial charge in [0.25, 0.3) is 0 Å². The number of carbonyl (C=O) groups is 2. The first-order valence-corrected chi connectivity index (χ1v) is 6.13. The van der Waals surface area contributed by atoms with Crippen LogP contribution in [0, 0.1) is 11.3 Å². The van der Waals surface area contributed by atoms with E-state index < -0.39 is 0 Å². The highest BCUT2D eigenvalue weighted by atomic mass is 16.2. The zero-order valence-corrected chi connectivity index (χ0v) is 9.84. The second-order valence-corrected chi connectivity index (χ2v) is 5.42. The molecule has 90 valence electrons. The average Bonchev–Trinajstić information content (AvgIpc) is 2.24. The van der Waals surface area contributed by atoms with E-state index in [1.54, 1.807) is 0 Å². The van der Waals surface area contributed by atoms with Gasteiger partial charge in [0, 0.05) is 19.5 Å². The molecule has 0 bridgehead atoms. The molecule has 0 aromatic carbocycles. The van der Waals surface area contributed by atoms with Crippen molar-refractivity contribution < 1.29 is 9.59 Å². The van der Waals surface area contributed by atoms with Crippen molar-refractivity contribution in [3.8, 4) is 0 Å². The molecule has 2 N–H and O–H groups in total. The molecule has 1 aliphatic carbocycles. The third-order valence-corrected chi connectivity index (χ3v) is 3.89. The molecule has 2 fully saturated rings. The maximum atomic E-state index is 11.8. The van der Waals surface area contributed by atoms with Crippen LogP contribution in [0.4, 0.5) is 0 Å². The molecular formula is C12H20N2O2. The zero-order valence-electron chi connectivity index (χ0n) is 9.84. The van der Waals surface area contributed by atoms with Crippen LogP contribution in [0.15, 0.2) is 0 Å². The van der Waals surface area contributed by atoms with Crippen molar-refractivity contribution in [3.63, 3.8) is 0 Å². The van der Waals surface area contributed by atoms with Gasteiger partial charge in [-0.15, -0.1) is 0 Å². The fourth-order valence-corrected chi connectivity index (χ4v) is 2.36. The Balaban J connectivity index is 1.73. The van der Waals surface area contributed by atoms with Crippen LogP contribution in [0.2, 0.25) is 0 Å². The molecule has 0 aromatic rings. The molecule has 1 unspecified atom stereocenters. The van der Waals surface area contributed by atoms with Crippen molar-refractivity contribution in [1.29, 1.82) is 0 Å². The fourth-order valence-electron chi connectivity index (χ4n) is 2.36. The Labute approximate surface area is 96.2 Å². The topological polar surface area (TPSA) is 58.2 Å². The van der Waals surface area contributed by atoms with Gasteiger partial charge in [0.15, 0.2) is 0 Å². The summed E-state index contributed by atoms with van der Waals surface area (Å²) in [6.07, 6.45) is 4.89. The Morgan fingerprint density at radius 3 is 2.81 bits per heavy atom. The molecular weight excluding hydrogens is 204 g/mol. The lowest BCUT2D eigenvalue weighted by molar-refractivity contribution is -0.129. The Hall–Kier alpha value is -1.06. The SMILES string of the molecule is CC1(CNC(=O)C2CCC(=O)NC2)CCC1. The first-order valence-electron chi connectivity index (χ1n) is 6.13. The minimum absolute atomic E-state index is 0.0265. The van der Waals surface area contributed by atoms with E-state index >= 15 is 0 Å². The minimum atomic E-state index is -0.0265. The number of nitrogens with one attached hydrogen (secondary N) is 2. The van der Waals surface area contributed by atoms with Crippen LogP contribution < -0.4 is 10.6 Å². The van der Waals surface area contributed by atoms with Crippen LogP contribution in [0.25, 0.3) is 0 Å². The molecule has 1 atom stereocenters. The van der Waals surface area contributed by atoms with Gasteiger partial charge in [-0.25, -0.2) is 0 Å². The lowest BCUT2D eigenvalue weighted by atomic mass is 9.70. The van der Waals surface area contributed by atoms with Crippen molar-refractivity contribution in [1.82, 2.24) is 10.6 Å². The monoisotopic (exact) mass is 224 g/mol. The van der Waals surface area contributed by atoms with E-state index in [1.165, 1.54) is 19.3 Å². The summed E-state index contributed by atoms with van der Waals surface area (Å²) in [6, 6.07) is 0. The molecule has 2 amide bonds. The number of rotatable bonds is 3. The molecule has 1 saturated heterocycles. The van der Waals surface area contributed by atoms with E-state index in [0.29, 0.717) is 24.8 Å². The molecule has 4 nitrogen and oxygen atoms in total. The third kappa shape index (κ3) is 2.54. The van der Waals surface area contributed by atoms with Crippen molar-refractivity contribution in [2.75, 3.05) is 13.1 Å². The summed E-state index contributed by atoms with van der Waals surface area (Å²) in [6.45, 7) is 3.51. The van der Waals surface area contributed by atoms with Gasteiger partial charge in [-0.2, -0.15) is 0 Å². The maximum absolute atomic E-state index is 11.8. The standard InChI is InChI=1S/C12H20N2O2/c1-12(5-2-6-12)8-14-11(16)9-3-4-10(15)13-7-9/h9H,2-8H2,1H3,(H,13,15)(H,14,16). The van der Waals surface area contributed by atoms with E-state index in [4.69, 9.17) is 0 Å². The van der Waals surface area contributed by atoms with Crippen LogP contribution in [0.1, 0.15) is 39.0 Å². The Morgan fingerprint density at radius 1 is 1.56 bits per heavy atom. The molecule has 2 aliphatic rings. The average molecular weight is 224 g/mol. The van der Waals surface area contributed by atoms with Crippen molar-refractivity contribution in [2.45, 2.75) is 39.0 Å². The van der Waals surface area contributed by atoms with Crippen LogP contribution in [0.3, 0.4) is 0 Å². The number of hydrogen-bond acceptors (Lipinski definition) is 2. The molecule has 16 heavy (non-hydrogen) atoms. The predicted octanol–water partition coefficient (Wildman–Crippen LogP) is 0.819. The summed E-state index contributed by atoms with van der Waals surface area (Å²) in [4.78, 5) is 22.8. The molecule has 4 heteroatoms. The van der Waals surface area contributed by atoms with Crippen molar-refractivity contribution in [2.24, 2.45) is 11.3 Å². The number of piperidine rings is 1. The molecule has 0 radical (unpaired) electrons. The number of hydrogen-bond donors (Lipinski definition) is 2. The number of carbonyl (C=O) groups excluding carboxylic acids is 2. The second-order valence-electron chi connectivity index (χ2n) is 5.42. The van der Waals surface area contributed by atoms with Crippen LogP contribution in [-0.2, 0) is 9.59 Å². The summed E-state index contributed by atoms with van der Waals surface area (Å²) in [5, 5.41) is 5.76. The lowest BCUT2D eigenvalue weighted by Crippen LogP contribution is -2.46. The lowest BCUT2D eigenvalue weighted by Gasteiger charge is -2.38. The molecule has 1 heterocycles. The van der Waals surface area contributed by atoms with Crippen LogP contribution in [-0.4, -0.2) is 24.9 Å². The van der Waals surface area contributed by atoms with Gasteiger partial charge in [-0.1, -0.05) is 13.3 Å². The van der Waals surface area contributed by atoms with Gasteiger partial charge in [0.1, 0.15) is 0 Å². The van der Waals surface area contributed by atoms with Gasteiger partial charge in [-0.3, -0.25) is 9.59 Å². The quantitative estimate of drug-likeness (QED) is 0.745. The fraction of sp³-hybridized carbons (Fsp3) is 0.833. The van der Waals surface area contributed by atoms with Gasteiger partial charge in [0.05, 0.1) is 5.92 Å². The van der Waals surface area contributed by atoms with Gasteiger partial charge >= 0.3 is 0 Å². The van der Waals surface area contributed by atoms with E-state index in [-0.39, 0.29) is 17.7 Å². The number of amides is 2. The van der Waals surface area contributed by atoms with Crippen molar-refractivity contribution in [3.05, 3.63) is 0 Å². The first kappa shape index (κ1) is 11.4. The summed E-state index contributed by atoms with van der Waals surface area (Å²) in [5.74, 6) is 0.143. The predicted molar refractivity (Wildman–Crippen MR) is 60.7 cm³/mol. The molecule has 2 rings (SSSR count).